The van der Waals surface area contributed by atoms with E-state index < -0.39 is 5.91 Å². The number of pyridine rings is 1. The van der Waals surface area contributed by atoms with E-state index in [1.54, 1.807) is 12.3 Å². The van der Waals surface area contributed by atoms with Crippen LogP contribution in [-0.2, 0) is 13.5 Å². The molecule has 5 rings (SSSR count). The molecule has 0 spiro atoms. The summed E-state index contributed by atoms with van der Waals surface area (Å²) in [6, 6.07) is 8.72. The van der Waals surface area contributed by atoms with Crippen LogP contribution in [0.3, 0.4) is 0 Å². The first-order valence-electron chi connectivity index (χ1n) is 10.0. The van der Waals surface area contributed by atoms with Gasteiger partial charge in [-0.2, -0.15) is 10.4 Å². The molecule has 11 heteroatoms. The Morgan fingerprint density at radius 2 is 2.21 bits per heavy atom. The number of fused-ring (bicyclic) bond motifs is 2. The van der Waals surface area contributed by atoms with Gasteiger partial charge in [0.25, 0.3) is 5.91 Å². The summed E-state index contributed by atoms with van der Waals surface area (Å²) in [5.41, 5.74) is 2.77. The Hall–Kier alpha value is -4.36. The average molecular weight is 461 g/mol. The maximum Gasteiger partial charge on any atom is 0.282 e. The van der Waals surface area contributed by atoms with Crippen LogP contribution in [0.5, 0.6) is 5.75 Å². The smallest absolute Gasteiger partial charge is 0.282 e. The second-order valence-corrected chi connectivity index (χ2v) is 7.75. The molecule has 0 unspecified atom stereocenters. The van der Waals surface area contributed by atoms with Gasteiger partial charge in [-0.1, -0.05) is 17.7 Å². The van der Waals surface area contributed by atoms with E-state index in [9.17, 15) is 4.79 Å². The van der Waals surface area contributed by atoms with Crippen LogP contribution in [0.1, 0.15) is 28.3 Å². The summed E-state index contributed by atoms with van der Waals surface area (Å²) < 4.78 is 7.95. The van der Waals surface area contributed by atoms with E-state index in [0.717, 1.165) is 28.7 Å². The van der Waals surface area contributed by atoms with Crippen LogP contribution in [0.2, 0.25) is 5.02 Å². The third-order valence-corrected chi connectivity index (χ3v) is 5.62. The standard InChI is InChI=1S/C22H17ClN8O2/c1-31-18-6-5-12(33-13-7-8-25-17(10-13)21(32)26-11-24)9-16(18)27-22(31)28-20-19-14(23)3-2-4-15(19)29-30-20/h2-4,7-10H,5-6H2,1H3,(H,26,32)(H2,27,28,29,30). The molecule has 3 N–H and O–H groups in total. The van der Waals surface area contributed by atoms with Crippen LogP contribution in [0, 0.1) is 11.5 Å². The molecule has 1 aliphatic carbocycles. The molecule has 0 atom stereocenters. The van der Waals surface area contributed by atoms with Crippen molar-refractivity contribution in [1.82, 2.24) is 30.0 Å². The van der Waals surface area contributed by atoms with E-state index in [4.69, 9.17) is 26.6 Å². The van der Waals surface area contributed by atoms with Crippen molar-refractivity contribution in [2.45, 2.75) is 12.8 Å². The Morgan fingerprint density at radius 1 is 1.33 bits per heavy atom. The lowest BCUT2D eigenvalue weighted by molar-refractivity contribution is 0.0967. The number of carbonyl (C=O) groups is 1. The highest BCUT2D eigenvalue weighted by molar-refractivity contribution is 6.36. The lowest BCUT2D eigenvalue weighted by atomic mass is 10.1. The molecule has 0 saturated carbocycles. The van der Waals surface area contributed by atoms with Gasteiger partial charge in [0.2, 0.25) is 5.95 Å². The van der Waals surface area contributed by atoms with Crippen molar-refractivity contribution in [2.24, 2.45) is 7.05 Å². The van der Waals surface area contributed by atoms with Gasteiger partial charge < -0.3 is 14.6 Å². The lowest BCUT2D eigenvalue weighted by Crippen LogP contribution is -2.18. The van der Waals surface area contributed by atoms with Gasteiger partial charge in [-0.3, -0.25) is 20.2 Å². The van der Waals surface area contributed by atoms with Crippen molar-refractivity contribution in [3.05, 3.63) is 64.4 Å². The number of benzene rings is 1. The molecule has 4 aromatic rings. The molecule has 3 aromatic heterocycles. The fourth-order valence-electron chi connectivity index (χ4n) is 3.71. The molecule has 0 aliphatic heterocycles. The normalized spacial score (nSPS) is 12.6. The highest BCUT2D eigenvalue weighted by Gasteiger charge is 2.21. The summed E-state index contributed by atoms with van der Waals surface area (Å²) in [7, 11) is 1.94. The minimum atomic E-state index is -0.589. The molecule has 0 fully saturated rings. The molecule has 0 bridgehead atoms. The number of aromatic nitrogens is 5. The predicted octanol–water partition coefficient (Wildman–Crippen LogP) is 3.67. The topological polar surface area (TPSA) is 134 Å². The average Bonchev–Trinajstić information content (AvgIpc) is 3.36. The quantitative estimate of drug-likeness (QED) is 0.305. The van der Waals surface area contributed by atoms with E-state index >= 15 is 0 Å². The highest BCUT2D eigenvalue weighted by atomic mass is 35.5. The number of rotatable bonds is 5. The molecule has 1 amide bonds. The summed E-state index contributed by atoms with van der Waals surface area (Å²) in [4.78, 5) is 20.5. The van der Waals surface area contributed by atoms with Gasteiger partial charge in [0.05, 0.1) is 21.6 Å². The molecular formula is C22H17ClN8O2. The number of aromatic amines is 1. The maximum atomic E-state index is 11.8. The van der Waals surface area contributed by atoms with Crippen molar-refractivity contribution < 1.29 is 9.53 Å². The summed E-state index contributed by atoms with van der Waals surface area (Å²) >= 11 is 6.36. The fraction of sp³-hybridized carbons (Fsp3) is 0.136. The second-order valence-electron chi connectivity index (χ2n) is 7.34. The third-order valence-electron chi connectivity index (χ3n) is 5.30. The zero-order chi connectivity index (χ0) is 22.9. The zero-order valence-corrected chi connectivity index (χ0v) is 18.1. The van der Waals surface area contributed by atoms with Crippen LogP contribution in [0.4, 0.5) is 11.8 Å². The number of nitrogens with zero attached hydrogens (tertiary/aromatic N) is 5. The van der Waals surface area contributed by atoms with Crippen LogP contribution in [0.25, 0.3) is 17.0 Å². The molecule has 3 heterocycles. The van der Waals surface area contributed by atoms with E-state index in [-0.39, 0.29) is 5.69 Å². The van der Waals surface area contributed by atoms with Crippen molar-refractivity contribution in [1.29, 1.82) is 5.26 Å². The monoisotopic (exact) mass is 460 g/mol. The minimum Gasteiger partial charge on any atom is -0.462 e. The Bertz CT molecular complexity index is 1460. The van der Waals surface area contributed by atoms with E-state index in [1.807, 2.05) is 41.2 Å². The van der Waals surface area contributed by atoms with E-state index in [0.29, 0.717) is 34.7 Å². The first kappa shape index (κ1) is 20.5. The highest BCUT2D eigenvalue weighted by Crippen LogP contribution is 2.32. The summed E-state index contributed by atoms with van der Waals surface area (Å²) in [6.45, 7) is 0. The molecular weight excluding hydrogens is 444 g/mol. The first-order chi connectivity index (χ1) is 16.0. The number of hydrogen-bond donors (Lipinski definition) is 3. The van der Waals surface area contributed by atoms with E-state index in [1.165, 1.54) is 12.3 Å². The summed E-state index contributed by atoms with van der Waals surface area (Å²) in [6.07, 6.45) is 6.30. The van der Waals surface area contributed by atoms with Gasteiger partial charge in [0.15, 0.2) is 12.0 Å². The van der Waals surface area contributed by atoms with Gasteiger partial charge >= 0.3 is 0 Å². The predicted molar refractivity (Wildman–Crippen MR) is 122 cm³/mol. The number of nitriles is 1. The SMILES string of the molecule is Cn1c(Nc2n[nH]c3cccc(Cl)c23)nc2c1CCC(Oc1ccnc(C(=O)NC#N)c1)=C2. The molecule has 33 heavy (non-hydrogen) atoms. The Kier molecular flexibility index (Phi) is 5.16. The molecule has 164 valence electrons. The van der Waals surface area contributed by atoms with Gasteiger partial charge in [-0.05, 0) is 24.6 Å². The second kappa shape index (κ2) is 8.29. The molecule has 0 radical (unpaired) electrons. The first-order valence-corrected chi connectivity index (χ1v) is 10.4. The van der Waals surface area contributed by atoms with E-state index in [2.05, 4.69) is 20.5 Å². The number of ether oxygens (including phenoxy) is 1. The Labute approximate surface area is 192 Å². The van der Waals surface area contributed by atoms with Gasteiger partial charge in [0, 0.05) is 37.5 Å². The fourth-order valence-corrected chi connectivity index (χ4v) is 3.98. The van der Waals surface area contributed by atoms with Gasteiger partial charge in [-0.25, -0.2) is 4.98 Å². The van der Waals surface area contributed by atoms with Gasteiger partial charge in [-0.15, -0.1) is 0 Å². The number of imidazole rings is 1. The Balaban J connectivity index is 1.39. The Morgan fingerprint density at radius 3 is 3.06 bits per heavy atom. The van der Waals surface area contributed by atoms with Crippen LogP contribution >= 0.6 is 11.6 Å². The number of H-pyrrole nitrogens is 1. The third kappa shape index (κ3) is 3.86. The molecule has 1 aliphatic rings. The van der Waals surface area contributed by atoms with Crippen LogP contribution in [0.15, 0.2) is 42.3 Å². The molecule has 0 saturated heterocycles. The van der Waals surface area contributed by atoms with Gasteiger partial charge in [0.1, 0.15) is 17.2 Å². The zero-order valence-electron chi connectivity index (χ0n) is 17.4. The number of halogens is 1. The summed E-state index contributed by atoms with van der Waals surface area (Å²) in [5, 5.41) is 22.6. The molecule has 1 aromatic carbocycles. The van der Waals surface area contributed by atoms with Crippen molar-refractivity contribution >= 4 is 46.3 Å². The summed E-state index contributed by atoms with van der Waals surface area (Å²) in [5.74, 6) is 1.80. The van der Waals surface area contributed by atoms with Crippen molar-refractivity contribution in [2.75, 3.05) is 5.32 Å². The van der Waals surface area contributed by atoms with Crippen molar-refractivity contribution in [3.63, 3.8) is 0 Å². The largest absolute Gasteiger partial charge is 0.462 e. The van der Waals surface area contributed by atoms with Crippen LogP contribution < -0.4 is 15.4 Å². The number of allylic oxidation sites excluding steroid dienone is 1. The number of anilines is 2. The number of hydrogen-bond acceptors (Lipinski definition) is 7. The lowest BCUT2D eigenvalue weighted by Gasteiger charge is -2.15. The van der Waals surface area contributed by atoms with Crippen molar-refractivity contribution in [3.8, 4) is 11.9 Å². The maximum absolute atomic E-state index is 11.8. The number of amides is 1. The minimum absolute atomic E-state index is 0.0976. The number of carbonyl (C=O) groups excluding carboxylic acids is 1. The molecule has 10 nitrogen and oxygen atoms in total. The number of nitrogens with one attached hydrogen (secondary N) is 3. The van der Waals surface area contributed by atoms with Crippen LogP contribution in [-0.4, -0.2) is 30.6 Å².